The van der Waals surface area contributed by atoms with E-state index in [1.807, 2.05) is 31.2 Å². The maximum atomic E-state index is 10.9. The first-order chi connectivity index (χ1) is 7.67. The molecule has 0 fully saturated rings. The molecule has 0 heterocycles. The van der Waals surface area contributed by atoms with Crippen molar-refractivity contribution in [3.8, 4) is 5.75 Å². The van der Waals surface area contributed by atoms with Crippen LogP contribution in [0.2, 0.25) is 0 Å². The van der Waals surface area contributed by atoms with Crippen LogP contribution in [-0.4, -0.2) is 19.1 Å². The lowest BCUT2D eigenvalue weighted by Crippen LogP contribution is -2.30. The van der Waals surface area contributed by atoms with Gasteiger partial charge in [0.25, 0.3) is 0 Å². The predicted molar refractivity (Wildman–Crippen MR) is 61.1 cm³/mol. The Balaban J connectivity index is 2.50. The van der Waals surface area contributed by atoms with Gasteiger partial charge in [0.1, 0.15) is 11.9 Å². The van der Waals surface area contributed by atoms with Gasteiger partial charge in [-0.3, -0.25) is 4.79 Å². The minimum Gasteiger partial charge on any atom is -0.497 e. The largest absolute Gasteiger partial charge is 0.497 e. The van der Waals surface area contributed by atoms with E-state index in [9.17, 15) is 4.79 Å². The summed E-state index contributed by atoms with van der Waals surface area (Å²) in [4.78, 5) is 10.9. The van der Waals surface area contributed by atoms with Gasteiger partial charge in [-0.1, -0.05) is 19.1 Å². The van der Waals surface area contributed by atoms with Gasteiger partial charge >= 0.3 is 0 Å². The highest BCUT2D eigenvalue weighted by Crippen LogP contribution is 2.12. The average molecular weight is 223 g/mol. The summed E-state index contributed by atoms with van der Waals surface area (Å²) < 4.78 is 10.4. The number of benzene rings is 1. The van der Waals surface area contributed by atoms with E-state index in [0.717, 1.165) is 11.3 Å². The Morgan fingerprint density at radius 3 is 2.44 bits per heavy atom. The number of carbonyl (C=O) groups is 1. The minimum atomic E-state index is -0.512. The van der Waals surface area contributed by atoms with Gasteiger partial charge in [0.05, 0.1) is 13.7 Å². The van der Waals surface area contributed by atoms with Crippen LogP contribution in [0.5, 0.6) is 5.75 Å². The fourth-order valence-corrected chi connectivity index (χ4v) is 1.32. The molecule has 1 unspecified atom stereocenters. The normalized spacial score (nSPS) is 12.1. The van der Waals surface area contributed by atoms with E-state index < -0.39 is 12.0 Å². The molecule has 1 amide bonds. The summed E-state index contributed by atoms with van der Waals surface area (Å²) in [5.74, 6) is 0.377. The van der Waals surface area contributed by atoms with Crippen LogP contribution in [0.25, 0.3) is 0 Å². The lowest BCUT2D eigenvalue weighted by atomic mass is 10.2. The van der Waals surface area contributed by atoms with Gasteiger partial charge in [-0.2, -0.15) is 0 Å². The molecule has 0 spiro atoms. The highest BCUT2D eigenvalue weighted by atomic mass is 16.5. The van der Waals surface area contributed by atoms with Crippen molar-refractivity contribution in [1.82, 2.24) is 0 Å². The van der Waals surface area contributed by atoms with Crippen molar-refractivity contribution in [1.29, 1.82) is 0 Å². The number of rotatable bonds is 6. The van der Waals surface area contributed by atoms with Crippen LogP contribution >= 0.6 is 0 Å². The van der Waals surface area contributed by atoms with E-state index in [2.05, 4.69) is 0 Å². The maximum absolute atomic E-state index is 10.9. The Morgan fingerprint density at radius 1 is 1.38 bits per heavy atom. The number of hydrogen-bond acceptors (Lipinski definition) is 3. The van der Waals surface area contributed by atoms with E-state index in [-0.39, 0.29) is 0 Å². The summed E-state index contributed by atoms with van der Waals surface area (Å²) >= 11 is 0. The van der Waals surface area contributed by atoms with Gasteiger partial charge in [0.15, 0.2) is 0 Å². The second kappa shape index (κ2) is 6.12. The lowest BCUT2D eigenvalue weighted by Gasteiger charge is -2.12. The van der Waals surface area contributed by atoms with E-state index in [1.54, 1.807) is 7.11 Å². The van der Waals surface area contributed by atoms with Crippen molar-refractivity contribution < 1.29 is 14.3 Å². The van der Waals surface area contributed by atoms with Gasteiger partial charge in [0, 0.05) is 0 Å². The second-order valence-electron chi connectivity index (χ2n) is 3.46. The number of methoxy groups -OCH3 is 1. The molecular weight excluding hydrogens is 206 g/mol. The third-order valence-corrected chi connectivity index (χ3v) is 2.30. The molecule has 0 aliphatic heterocycles. The number of ether oxygens (including phenoxy) is 2. The molecule has 0 bridgehead atoms. The highest BCUT2D eigenvalue weighted by molar-refractivity contribution is 5.78. The summed E-state index contributed by atoms with van der Waals surface area (Å²) in [6, 6.07) is 7.49. The first-order valence-electron chi connectivity index (χ1n) is 5.21. The highest BCUT2D eigenvalue weighted by Gasteiger charge is 2.12. The van der Waals surface area contributed by atoms with Crippen molar-refractivity contribution in [2.24, 2.45) is 5.73 Å². The third kappa shape index (κ3) is 3.55. The smallest absolute Gasteiger partial charge is 0.246 e. The zero-order valence-electron chi connectivity index (χ0n) is 9.60. The Kier molecular flexibility index (Phi) is 4.79. The van der Waals surface area contributed by atoms with E-state index in [0.29, 0.717) is 13.0 Å². The van der Waals surface area contributed by atoms with Crippen molar-refractivity contribution in [3.63, 3.8) is 0 Å². The lowest BCUT2D eigenvalue weighted by molar-refractivity contribution is -0.130. The van der Waals surface area contributed by atoms with E-state index >= 15 is 0 Å². The van der Waals surface area contributed by atoms with Gasteiger partial charge < -0.3 is 15.2 Å². The fraction of sp³-hybridized carbons (Fsp3) is 0.417. The fourth-order valence-electron chi connectivity index (χ4n) is 1.32. The molecule has 0 saturated carbocycles. The van der Waals surface area contributed by atoms with Gasteiger partial charge in [0.2, 0.25) is 5.91 Å². The quantitative estimate of drug-likeness (QED) is 0.794. The minimum absolute atomic E-state index is 0.380. The summed E-state index contributed by atoms with van der Waals surface area (Å²) in [7, 11) is 1.62. The molecule has 0 aromatic heterocycles. The Morgan fingerprint density at radius 2 is 2.00 bits per heavy atom. The van der Waals surface area contributed by atoms with Crippen LogP contribution in [0.4, 0.5) is 0 Å². The van der Waals surface area contributed by atoms with E-state index in [1.165, 1.54) is 0 Å². The monoisotopic (exact) mass is 223 g/mol. The van der Waals surface area contributed by atoms with Crippen LogP contribution in [-0.2, 0) is 16.1 Å². The molecule has 0 radical (unpaired) electrons. The number of hydrogen-bond donors (Lipinski definition) is 1. The zero-order chi connectivity index (χ0) is 12.0. The van der Waals surface area contributed by atoms with E-state index in [4.69, 9.17) is 15.2 Å². The molecule has 88 valence electrons. The maximum Gasteiger partial charge on any atom is 0.246 e. The van der Waals surface area contributed by atoms with Crippen LogP contribution in [0, 0.1) is 0 Å². The summed E-state index contributed by atoms with van der Waals surface area (Å²) in [5.41, 5.74) is 6.16. The topological polar surface area (TPSA) is 61.6 Å². The molecule has 16 heavy (non-hydrogen) atoms. The number of carbonyl (C=O) groups excluding carboxylic acids is 1. The van der Waals surface area contributed by atoms with Gasteiger partial charge in [-0.25, -0.2) is 0 Å². The van der Waals surface area contributed by atoms with Crippen LogP contribution in [0.3, 0.4) is 0 Å². The Bertz CT molecular complexity index is 335. The first kappa shape index (κ1) is 12.5. The molecule has 0 aliphatic carbocycles. The standard InChI is InChI=1S/C12H17NO3/c1-3-11(12(13)14)16-8-9-4-6-10(15-2)7-5-9/h4-7,11H,3,8H2,1-2H3,(H2,13,14). The van der Waals surface area contributed by atoms with Crippen molar-refractivity contribution in [3.05, 3.63) is 29.8 Å². The number of nitrogens with two attached hydrogens (primary N) is 1. The summed E-state index contributed by atoms with van der Waals surface area (Å²) in [6.45, 7) is 2.24. The van der Waals surface area contributed by atoms with Gasteiger partial charge in [-0.05, 0) is 24.1 Å². The molecular formula is C12H17NO3. The average Bonchev–Trinajstić information content (AvgIpc) is 2.30. The van der Waals surface area contributed by atoms with Crippen LogP contribution in [0.15, 0.2) is 24.3 Å². The summed E-state index contributed by atoms with van der Waals surface area (Å²) in [6.07, 6.45) is 0.0768. The third-order valence-electron chi connectivity index (χ3n) is 2.30. The van der Waals surface area contributed by atoms with Crippen molar-refractivity contribution in [2.45, 2.75) is 26.1 Å². The van der Waals surface area contributed by atoms with Crippen LogP contribution in [0.1, 0.15) is 18.9 Å². The molecule has 1 atom stereocenters. The van der Waals surface area contributed by atoms with Crippen molar-refractivity contribution >= 4 is 5.91 Å². The molecule has 4 heteroatoms. The Hall–Kier alpha value is -1.55. The SMILES string of the molecule is CCC(OCc1ccc(OC)cc1)C(N)=O. The molecule has 1 aromatic carbocycles. The van der Waals surface area contributed by atoms with Crippen LogP contribution < -0.4 is 10.5 Å². The molecule has 1 aromatic rings. The second-order valence-corrected chi connectivity index (χ2v) is 3.46. The molecule has 0 saturated heterocycles. The first-order valence-corrected chi connectivity index (χ1v) is 5.21. The molecule has 1 rings (SSSR count). The predicted octanol–water partition coefficient (Wildman–Crippen LogP) is 1.48. The summed E-state index contributed by atoms with van der Waals surface area (Å²) in [5, 5.41) is 0. The number of primary amides is 1. The molecule has 0 aliphatic rings. The van der Waals surface area contributed by atoms with Gasteiger partial charge in [-0.15, -0.1) is 0 Å². The number of amides is 1. The zero-order valence-corrected chi connectivity index (χ0v) is 9.60. The molecule has 4 nitrogen and oxygen atoms in total. The van der Waals surface area contributed by atoms with Crippen molar-refractivity contribution in [2.75, 3.05) is 7.11 Å². The molecule has 2 N–H and O–H groups in total. The Labute approximate surface area is 95.3 Å².